The number of hydrogen-bond donors (Lipinski definition) is 1. The first-order valence-electron chi connectivity index (χ1n) is 6.46. The van der Waals surface area contributed by atoms with Gasteiger partial charge in [-0.3, -0.25) is 0 Å². The lowest BCUT2D eigenvalue weighted by Gasteiger charge is -2.21. The number of nitrogens with zero attached hydrogens (tertiary/aromatic N) is 2. The molecule has 0 aliphatic heterocycles. The highest BCUT2D eigenvalue weighted by atomic mass is 32.1. The Hall–Kier alpha value is -1.20. The van der Waals surface area contributed by atoms with Crippen LogP contribution in [0.1, 0.15) is 38.6 Å². The van der Waals surface area contributed by atoms with Gasteiger partial charge in [0.25, 0.3) is 0 Å². The van der Waals surface area contributed by atoms with Gasteiger partial charge in [-0.15, -0.1) is 0 Å². The molecule has 104 valence electrons. The summed E-state index contributed by atoms with van der Waals surface area (Å²) >= 11 is 1.65. The van der Waals surface area contributed by atoms with Crippen molar-refractivity contribution < 1.29 is 4.52 Å². The number of hydrogen-bond acceptors (Lipinski definition) is 5. The van der Waals surface area contributed by atoms with Gasteiger partial charge in [0.05, 0.1) is 0 Å². The minimum Gasteiger partial charge on any atom is -0.339 e. The van der Waals surface area contributed by atoms with E-state index in [-0.39, 0.29) is 11.5 Å². The molecule has 2 heterocycles. The second kappa shape index (κ2) is 5.43. The third-order valence-corrected chi connectivity index (χ3v) is 3.74. The van der Waals surface area contributed by atoms with E-state index in [0.717, 1.165) is 12.0 Å². The van der Waals surface area contributed by atoms with Crippen molar-refractivity contribution >= 4 is 11.3 Å². The van der Waals surface area contributed by atoms with E-state index in [1.54, 1.807) is 11.3 Å². The Morgan fingerprint density at radius 2 is 2.11 bits per heavy atom. The maximum atomic E-state index is 6.12. The summed E-state index contributed by atoms with van der Waals surface area (Å²) in [4.78, 5) is 4.43. The molecule has 0 amide bonds. The molecule has 0 spiro atoms. The van der Waals surface area contributed by atoms with Crippen LogP contribution >= 0.6 is 11.3 Å². The Bertz CT molecular complexity index is 539. The van der Waals surface area contributed by atoms with E-state index in [0.29, 0.717) is 18.1 Å². The van der Waals surface area contributed by atoms with Gasteiger partial charge in [0.15, 0.2) is 0 Å². The Morgan fingerprint density at radius 3 is 2.68 bits per heavy atom. The van der Waals surface area contributed by atoms with Crippen molar-refractivity contribution in [1.29, 1.82) is 0 Å². The van der Waals surface area contributed by atoms with Crippen LogP contribution in [0.4, 0.5) is 0 Å². The van der Waals surface area contributed by atoms with Gasteiger partial charge in [-0.25, -0.2) is 0 Å². The minimum atomic E-state index is 0.0527. The number of aryl methyl sites for hydroxylation is 1. The van der Waals surface area contributed by atoms with Gasteiger partial charge < -0.3 is 10.3 Å². The first-order chi connectivity index (χ1) is 8.85. The normalized spacial score (nSPS) is 13.7. The lowest BCUT2D eigenvalue weighted by molar-refractivity contribution is 0.313. The highest BCUT2D eigenvalue weighted by molar-refractivity contribution is 7.08. The monoisotopic (exact) mass is 279 g/mol. The van der Waals surface area contributed by atoms with Crippen molar-refractivity contribution in [2.75, 3.05) is 0 Å². The number of thiophene rings is 1. The quantitative estimate of drug-likeness (QED) is 0.931. The molecule has 0 aliphatic carbocycles. The topological polar surface area (TPSA) is 64.9 Å². The van der Waals surface area contributed by atoms with Crippen molar-refractivity contribution in [2.24, 2.45) is 11.1 Å². The summed E-state index contributed by atoms with van der Waals surface area (Å²) in [5.74, 6) is 1.29. The molecule has 0 saturated carbocycles. The predicted molar refractivity (Wildman–Crippen MR) is 78.1 cm³/mol. The van der Waals surface area contributed by atoms with E-state index < -0.39 is 0 Å². The molecule has 4 nitrogen and oxygen atoms in total. The lowest BCUT2D eigenvalue weighted by atomic mass is 9.87. The molecule has 5 heteroatoms. The molecule has 2 N–H and O–H groups in total. The number of rotatable bonds is 4. The predicted octanol–water partition coefficient (Wildman–Crippen LogP) is 3.41. The molecule has 0 saturated heterocycles. The van der Waals surface area contributed by atoms with Crippen LogP contribution in [-0.4, -0.2) is 16.2 Å². The van der Waals surface area contributed by atoms with Crippen LogP contribution in [0.25, 0.3) is 11.4 Å². The van der Waals surface area contributed by atoms with E-state index >= 15 is 0 Å². The fraction of sp³-hybridized carbons (Fsp3) is 0.571. The fourth-order valence-electron chi connectivity index (χ4n) is 2.12. The Kier molecular flexibility index (Phi) is 4.06. The van der Waals surface area contributed by atoms with Gasteiger partial charge in [-0.05, 0) is 29.7 Å². The molecular weight excluding hydrogens is 258 g/mol. The maximum absolute atomic E-state index is 6.12. The second-order valence-corrected chi connectivity index (χ2v) is 6.95. The highest BCUT2D eigenvalue weighted by Gasteiger charge is 2.19. The summed E-state index contributed by atoms with van der Waals surface area (Å²) in [6, 6.07) is 0.0527. The molecule has 0 radical (unpaired) electrons. The zero-order chi connectivity index (χ0) is 14.0. The van der Waals surface area contributed by atoms with Crippen LogP contribution in [0, 0.1) is 12.3 Å². The molecule has 19 heavy (non-hydrogen) atoms. The Labute approximate surface area is 118 Å². The van der Waals surface area contributed by atoms with Crippen molar-refractivity contribution in [3.05, 3.63) is 22.2 Å². The lowest BCUT2D eigenvalue weighted by Crippen LogP contribution is -2.28. The van der Waals surface area contributed by atoms with Crippen LogP contribution in [0.3, 0.4) is 0 Å². The Balaban J connectivity index is 2.04. The molecule has 0 bridgehead atoms. The third kappa shape index (κ3) is 3.88. The summed E-state index contributed by atoms with van der Waals surface area (Å²) in [7, 11) is 0. The second-order valence-electron chi connectivity index (χ2n) is 6.21. The maximum Gasteiger partial charge on any atom is 0.228 e. The van der Waals surface area contributed by atoms with Crippen molar-refractivity contribution in [3.63, 3.8) is 0 Å². The average molecular weight is 279 g/mol. The van der Waals surface area contributed by atoms with Gasteiger partial charge in [-0.1, -0.05) is 25.9 Å². The van der Waals surface area contributed by atoms with Gasteiger partial charge in [0, 0.05) is 23.4 Å². The summed E-state index contributed by atoms with van der Waals surface area (Å²) in [5, 5.41) is 8.15. The minimum absolute atomic E-state index is 0.0527. The summed E-state index contributed by atoms with van der Waals surface area (Å²) in [6.07, 6.45) is 1.57. The SMILES string of the molecule is Cc1cscc1-c1noc(CC(N)CC(C)(C)C)n1. The smallest absolute Gasteiger partial charge is 0.228 e. The molecule has 0 aromatic carbocycles. The zero-order valence-corrected chi connectivity index (χ0v) is 12.8. The summed E-state index contributed by atoms with van der Waals surface area (Å²) < 4.78 is 5.29. The van der Waals surface area contributed by atoms with Crippen molar-refractivity contribution in [1.82, 2.24) is 10.1 Å². The van der Waals surface area contributed by atoms with Gasteiger partial charge in [0.1, 0.15) is 0 Å². The molecule has 0 aliphatic rings. The molecule has 1 atom stereocenters. The van der Waals surface area contributed by atoms with Crippen molar-refractivity contribution in [2.45, 2.75) is 46.6 Å². The van der Waals surface area contributed by atoms with Gasteiger partial charge in [0.2, 0.25) is 11.7 Å². The van der Waals surface area contributed by atoms with E-state index in [1.165, 1.54) is 5.56 Å². The molecule has 2 aromatic rings. The molecule has 1 unspecified atom stereocenters. The third-order valence-electron chi connectivity index (χ3n) is 2.88. The van der Waals surface area contributed by atoms with Crippen LogP contribution in [0.5, 0.6) is 0 Å². The highest BCUT2D eigenvalue weighted by Crippen LogP contribution is 2.25. The largest absolute Gasteiger partial charge is 0.339 e. The summed E-state index contributed by atoms with van der Waals surface area (Å²) in [6.45, 7) is 8.59. The summed E-state index contributed by atoms with van der Waals surface area (Å²) in [5.41, 5.74) is 8.56. The van der Waals surface area contributed by atoms with Crippen LogP contribution < -0.4 is 5.73 Å². The van der Waals surface area contributed by atoms with Crippen molar-refractivity contribution in [3.8, 4) is 11.4 Å². The van der Waals surface area contributed by atoms with Crippen LogP contribution in [0.2, 0.25) is 0 Å². The Morgan fingerprint density at radius 1 is 1.37 bits per heavy atom. The van der Waals surface area contributed by atoms with Crippen LogP contribution in [-0.2, 0) is 6.42 Å². The van der Waals surface area contributed by atoms with E-state index in [4.69, 9.17) is 10.3 Å². The van der Waals surface area contributed by atoms with Gasteiger partial charge in [-0.2, -0.15) is 16.3 Å². The number of nitrogens with two attached hydrogens (primary N) is 1. The average Bonchev–Trinajstić information content (AvgIpc) is 2.83. The van der Waals surface area contributed by atoms with Gasteiger partial charge >= 0.3 is 0 Å². The first kappa shape index (κ1) is 14.2. The number of aromatic nitrogens is 2. The van der Waals surface area contributed by atoms with Crippen LogP contribution in [0.15, 0.2) is 15.3 Å². The first-order valence-corrected chi connectivity index (χ1v) is 7.41. The van der Waals surface area contributed by atoms with E-state index in [2.05, 4.69) is 36.3 Å². The van der Waals surface area contributed by atoms with E-state index in [9.17, 15) is 0 Å². The van der Waals surface area contributed by atoms with E-state index in [1.807, 2.05) is 12.3 Å². The molecular formula is C14H21N3OS. The standard InChI is InChI=1S/C14H21N3OS/c1-9-7-19-8-11(9)13-16-12(18-17-13)5-10(15)6-14(2,3)4/h7-8,10H,5-6,15H2,1-4H3. The fourth-order valence-corrected chi connectivity index (χ4v) is 2.95. The molecule has 2 rings (SSSR count). The molecule has 2 aromatic heterocycles. The molecule has 0 fully saturated rings. The zero-order valence-electron chi connectivity index (χ0n) is 11.9.